The van der Waals surface area contributed by atoms with Crippen LogP contribution in [-0.2, 0) is 10.0 Å². The molecule has 0 atom stereocenters. The number of rotatable bonds is 4. The molecule has 1 aromatic carbocycles. The van der Waals surface area contributed by atoms with Crippen molar-refractivity contribution in [3.8, 4) is 0 Å². The molecule has 0 bridgehead atoms. The highest BCUT2D eigenvalue weighted by molar-refractivity contribution is 9.10. The van der Waals surface area contributed by atoms with Crippen LogP contribution < -0.4 is 10.0 Å². The largest absolute Gasteiger partial charge is 0.313 e. The fourth-order valence-electron chi connectivity index (χ4n) is 1.97. The second-order valence-corrected chi connectivity index (χ2v) is 7.09. The van der Waals surface area contributed by atoms with Crippen molar-refractivity contribution in [1.29, 1.82) is 0 Å². The van der Waals surface area contributed by atoms with Gasteiger partial charge in [0, 0.05) is 17.6 Å². The zero-order chi connectivity index (χ0) is 13.9. The van der Waals surface area contributed by atoms with Gasteiger partial charge >= 0.3 is 0 Å². The molecule has 0 unspecified atom stereocenters. The van der Waals surface area contributed by atoms with E-state index in [1.54, 1.807) is 19.1 Å². The molecular formula is C13H18BrClN2O2S. The molecule has 0 saturated carbocycles. The molecule has 2 N–H and O–H groups in total. The first-order chi connectivity index (χ1) is 9.00. The predicted octanol–water partition coefficient (Wildman–Crippen LogP) is 2.38. The van der Waals surface area contributed by atoms with Crippen LogP contribution in [0.25, 0.3) is 0 Å². The number of hydrogen-bond donors (Lipinski definition) is 2. The van der Waals surface area contributed by atoms with Gasteiger partial charge in [-0.1, -0.05) is 33.6 Å². The molecule has 20 heavy (non-hydrogen) atoms. The quantitative estimate of drug-likeness (QED) is 0.787. The topological polar surface area (TPSA) is 58.2 Å². The summed E-state index contributed by atoms with van der Waals surface area (Å²) in [4.78, 5) is 0.330. The maximum atomic E-state index is 12.3. The fourth-order valence-corrected chi connectivity index (χ4v) is 3.77. The minimum Gasteiger partial charge on any atom is -0.313 e. The van der Waals surface area contributed by atoms with Gasteiger partial charge in [-0.2, -0.15) is 0 Å². The van der Waals surface area contributed by atoms with E-state index in [1.807, 2.05) is 12.1 Å². The van der Waals surface area contributed by atoms with E-state index in [0.717, 1.165) is 35.1 Å². The molecule has 112 valence electrons. The summed E-state index contributed by atoms with van der Waals surface area (Å²) in [6, 6.07) is 5.19. The Morgan fingerprint density at radius 2 is 2.15 bits per heavy atom. The smallest absolute Gasteiger partial charge is 0.241 e. The molecule has 1 heterocycles. The second-order valence-electron chi connectivity index (χ2n) is 4.50. The number of sulfonamides is 1. The SMILES string of the molecule is Cc1c(Br)cccc1S(=O)(=O)NCC1=CCNCC1.Cl. The van der Waals surface area contributed by atoms with Gasteiger partial charge in [0.2, 0.25) is 10.0 Å². The molecule has 0 aromatic heterocycles. The Morgan fingerprint density at radius 1 is 1.40 bits per heavy atom. The third kappa shape index (κ3) is 4.30. The molecule has 7 heteroatoms. The first-order valence-electron chi connectivity index (χ1n) is 6.14. The lowest BCUT2D eigenvalue weighted by molar-refractivity contribution is 0.581. The average molecular weight is 382 g/mol. The minimum atomic E-state index is -3.45. The minimum absolute atomic E-state index is 0. The normalized spacial score (nSPS) is 15.4. The third-order valence-electron chi connectivity index (χ3n) is 3.15. The van der Waals surface area contributed by atoms with E-state index in [2.05, 4.69) is 26.0 Å². The monoisotopic (exact) mass is 380 g/mol. The van der Waals surface area contributed by atoms with Crippen molar-refractivity contribution < 1.29 is 8.42 Å². The van der Waals surface area contributed by atoms with E-state index in [0.29, 0.717) is 11.4 Å². The van der Waals surface area contributed by atoms with E-state index in [4.69, 9.17) is 0 Å². The van der Waals surface area contributed by atoms with Gasteiger partial charge in [0.25, 0.3) is 0 Å². The van der Waals surface area contributed by atoms with Crippen LogP contribution in [0.1, 0.15) is 12.0 Å². The molecule has 0 fully saturated rings. The van der Waals surface area contributed by atoms with Crippen LogP contribution in [0.2, 0.25) is 0 Å². The van der Waals surface area contributed by atoms with Gasteiger partial charge in [0.05, 0.1) is 4.90 Å². The first-order valence-corrected chi connectivity index (χ1v) is 8.42. The Bertz CT molecular complexity index is 602. The summed E-state index contributed by atoms with van der Waals surface area (Å²) in [6.07, 6.45) is 2.93. The molecular weight excluding hydrogens is 364 g/mol. The van der Waals surface area contributed by atoms with E-state index in [1.165, 1.54) is 0 Å². The number of hydrogen-bond acceptors (Lipinski definition) is 3. The van der Waals surface area contributed by atoms with Crippen LogP contribution in [0.15, 0.2) is 39.2 Å². The van der Waals surface area contributed by atoms with E-state index < -0.39 is 10.0 Å². The second kappa shape index (κ2) is 7.56. The fraction of sp³-hybridized carbons (Fsp3) is 0.385. The summed E-state index contributed by atoms with van der Waals surface area (Å²) >= 11 is 3.35. The first kappa shape index (κ1) is 17.7. The van der Waals surface area contributed by atoms with Crippen molar-refractivity contribution in [2.24, 2.45) is 0 Å². The summed E-state index contributed by atoms with van der Waals surface area (Å²) < 4.78 is 28.0. The average Bonchev–Trinajstić information content (AvgIpc) is 2.41. The van der Waals surface area contributed by atoms with Crippen LogP contribution in [0.3, 0.4) is 0 Å². The molecule has 4 nitrogen and oxygen atoms in total. The molecule has 0 aliphatic carbocycles. The summed E-state index contributed by atoms with van der Waals surface area (Å²) in [7, 11) is -3.45. The molecule has 1 aliphatic rings. The summed E-state index contributed by atoms with van der Waals surface area (Å²) in [5.74, 6) is 0. The third-order valence-corrected chi connectivity index (χ3v) is 5.56. The molecule has 0 amide bonds. The van der Waals surface area contributed by atoms with Gasteiger partial charge in [0.15, 0.2) is 0 Å². The molecule has 1 aromatic rings. The Kier molecular flexibility index (Phi) is 6.68. The lowest BCUT2D eigenvalue weighted by Gasteiger charge is -2.15. The van der Waals surface area contributed by atoms with E-state index in [-0.39, 0.29) is 12.4 Å². The zero-order valence-corrected chi connectivity index (χ0v) is 14.4. The summed E-state index contributed by atoms with van der Waals surface area (Å²) in [5, 5.41) is 3.20. The van der Waals surface area contributed by atoms with Gasteiger partial charge in [-0.05, 0) is 37.6 Å². The lowest BCUT2D eigenvalue weighted by Crippen LogP contribution is -2.30. The predicted molar refractivity (Wildman–Crippen MR) is 86.9 cm³/mol. The van der Waals surface area contributed by atoms with Crippen molar-refractivity contribution in [3.63, 3.8) is 0 Å². The van der Waals surface area contributed by atoms with Gasteiger partial charge < -0.3 is 5.32 Å². The van der Waals surface area contributed by atoms with Crippen molar-refractivity contribution in [2.75, 3.05) is 19.6 Å². The molecule has 0 spiro atoms. The van der Waals surface area contributed by atoms with Gasteiger partial charge in [-0.15, -0.1) is 12.4 Å². The summed E-state index contributed by atoms with van der Waals surface area (Å²) in [6.45, 7) is 3.90. The van der Waals surface area contributed by atoms with Crippen molar-refractivity contribution in [3.05, 3.63) is 39.9 Å². The molecule has 0 radical (unpaired) electrons. The molecule has 2 rings (SSSR count). The Hall–Kier alpha value is -0.400. The molecule has 0 saturated heterocycles. The Labute approximate surface area is 134 Å². The Balaban J connectivity index is 0.00000200. The van der Waals surface area contributed by atoms with Gasteiger partial charge in [0.1, 0.15) is 0 Å². The summed E-state index contributed by atoms with van der Waals surface area (Å²) in [5.41, 5.74) is 1.87. The van der Waals surface area contributed by atoms with Gasteiger partial charge in [-0.3, -0.25) is 0 Å². The number of halogens is 2. The maximum Gasteiger partial charge on any atom is 0.241 e. The standard InChI is InChI=1S/C13H17BrN2O2S.ClH/c1-10-12(14)3-2-4-13(10)19(17,18)16-9-11-5-7-15-8-6-11;/h2-5,15-16H,6-9H2,1H3;1H. The molecule has 1 aliphatic heterocycles. The van der Waals surface area contributed by atoms with Crippen molar-refractivity contribution in [2.45, 2.75) is 18.2 Å². The van der Waals surface area contributed by atoms with Crippen molar-refractivity contribution in [1.82, 2.24) is 10.0 Å². The van der Waals surface area contributed by atoms with E-state index in [9.17, 15) is 8.42 Å². The zero-order valence-electron chi connectivity index (χ0n) is 11.1. The number of benzene rings is 1. The van der Waals surface area contributed by atoms with Crippen molar-refractivity contribution >= 4 is 38.4 Å². The van der Waals surface area contributed by atoms with Crippen LogP contribution >= 0.6 is 28.3 Å². The highest BCUT2D eigenvalue weighted by Crippen LogP contribution is 2.23. The number of nitrogens with one attached hydrogen (secondary N) is 2. The van der Waals surface area contributed by atoms with Crippen LogP contribution in [0, 0.1) is 6.92 Å². The maximum absolute atomic E-state index is 12.3. The lowest BCUT2D eigenvalue weighted by atomic mass is 10.1. The van der Waals surface area contributed by atoms with Crippen LogP contribution in [-0.4, -0.2) is 28.1 Å². The van der Waals surface area contributed by atoms with Gasteiger partial charge in [-0.25, -0.2) is 13.1 Å². The van der Waals surface area contributed by atoms with E-state index >= 15 is 0 Å². The van der Waals surface area contributed by atoms with Crippen LogP contribution in [0.5, 0.6) is 0 Å². The highest BCUT2D eigenvalue weighted by Gasteiger charge is 2.18. The highest BCUT2D eigenvalue weighted by atomic mass is 79.9. The Morgan fingerprint density at radius 3 is 2.80 bits per heavy atom. The van der Waals surface area contributed by atoms with Crippen LogP contribution in [0.4, 0.5) is 0 Å².